The van der Waals surface area contributed by atoms with Crippen molar-refractivity contribution < 1.29 is 9.59 Å². The number of rotatable bonds is 4. The van der Waals surface area contributed by atoms with Crippen LogP contribution in [0.1, 0.15) is 40.5 Å². The molecule has 0 aromatic rings. The van der Waals surface area contributed by atoms with E-state index in [1.54, 1.807) is 6.92 Å². The summed E-state index contributed by atoms with van der Waals surface area (Å²) in [5.41, 5.74) is -0.144. The molecule has 0 spiro atoms. The number of nitrogens with zero attached hydrogens (tertiary/aromatic N) is 2. The van der Waals surface area contributed by atoms with Crippen molar-refractivity contribution >= 4 is 11.8 Å². The lowest BCUT2D eigenvalue weighted by atomic mass is 10.0. The number of carbonyl (C=O) groups is 2. The zero-order valence-electron chi connectivity index (χ0n) is 12.7. The summed E-state index contributed by atoms with van der Waals surface area (Å²) in [7, 11) is 0. The topological polar surface area (TPSA) is 52.7 Å². The van der Waals surface area contributed by atoms with E-state index in [9.17, 15) is 9.59 Å². The van der Waals surface area contributed by atoms with Gasteiger partial charge < -0.3 is 10.2 Å². The maximum absolute atomic E-state index is 12.0. The van der Waals surface area contributed by atoms with E-state index in [0.717, 1.165) is 39.0 Å². The molecule has 1 aliphatic heterocycles. The first kappa shape index (κ1) is 16.0. The summed E-state index contributed by atoms with van der Waals surface area (Å²) in [4.78, 5) is 27.3. The Balaban J connectivity index is 2.41. The molecule has 1 rings (SSSR count). The van der Waals surface area contributed by atoms with Crippen LogP contribution in [0.4, 0.5) is 0 Å². The van der Waals surface area contributed by atoms with Crippen molar-refractivity contribution in [2.45, 2.75) is 46.1 Å². The summed E-state index contributed by atoms with van der Waals surface area (Å²) in [5, 5.41) is 3.05. The summed E-state index contributed by atoms with van der Waals surface area (Å²) >= 11 is 0. The van der Waals surface area contributed by atoms with Crippen LogP contribution in [0, 0.1) is 0 Å². The molecule has 0 bridgehead atoms. The third-order valence-electron chi connectivity index (χ3n) is 3.76. The Morgan fingerprint density at radius 1 is 1.16 bits per heavy atom. The van der Waals surface area contributed by atoms with Gasteiger partial charge in [0, 0.05) is 38.6 Å². The molecule has 0 aliphatic carbocycles. The highest BCUT2D eigenvalue weighted by molar-refractivity contribution is 5.78. The molecular weight excluding hydrogens is 242 g/mol. The fourth-order valence-electron chi connectivity index (χ4n) is 2.15. The quantitative estimate of drug-likeness (QED) is 0.823. The second-order valence-electron chi connectivity index (χ2n) is 5.92. The van der Waals surface area contributed by atoms with Crippen molar-refractivity contribution in [3.05, 3.63) is 0 Å². The number of amides is 2. The number of hydrogen-bond acceptors (Lipinski definition) is 3. The molecule has 110 valence electrons. The molecule has 0 unspecified atom stereocenters. The molecule has 0 radical (unpaired) electrons. The smallest absolute Gasteiger partial charge is 0.234 e. The highest BCUT2D eigenvalue weighted by Crippen LogP contribution is 2.07. The van der Waals surface area contributed by atoms with Crippen molar-refractivity contribution in [1.29, 1.82) is 0 Å². The maximum Gasteiger partial charge on any atom is 0.234 e. The molecule has 19 heavy (non-hydrogen) atoms. The largest absolute Gasteiger partial charge is 0.350 e. The minimum atomic E-state index is -0.144. The molecule has 0 saturated carbocycles. The van der Waals surface area contributed by atoms with Crippen LogP contribution in [-0.4, -0.2) is 59.9 Å². The molecule has 1 fully saturated rings. The van der Waals surface area contributed by atoms with Crippen LogP contribution in [0.15, 0.2) is 0 Å². The SMILES string of the molecule is CCC(C)(C)NC(=O)CN1CCCN(C(C)=O)CC1. The van der Waals surface area contributed by atoms with E-state index in [1.165, 1.54) is 0 Å². The Bertz CT molecular complexity index is 329. The molecule has 0 aromatic carbocycles. The zero-order chi connectivity index (χ0) is 14.5. The van der Waals surface area contributed by atoms with Gasteiger partial charge in [0.25, 0.3) is 0 Å². The second kappa shape index (κ2) is 6.89. The van der Waals surface area contributed by atoms with Gasteiger partial charge >= 0.3 is 0 Å². The molecule has 5 heteroatoms. The molecule has 1 saturated heterocycles. The van der Waals surface area contributed by atoms with Crippen LogP contribution in [0.25, 0.3) is 0 Å². The zero-order valence-corrected chi connectivity index (χ0v) is 12.7. The van der Waals surface area contributed by atoms with Crippen LogP contribution < -0.4 is 5.32 Å². The van der Waals surface area contributed by atoms with Crippen molar-refractivity contribution in [3.8, 4) is 0 Å². The summed E-state index contributed by atoms with van der Waals surface area (Å²) in [6, 6.07) is 0. The standard InChI is InChI=1S/C14H27N3O2/c1-5-14(3,4)15-13(19)11-16-7-6-8-17(10-9-16)12(2)18/h5-11H2,1-4H3,(H,15,19). The van der Waals surface area contributed by atoms with Crippen LogP contribution in [0.2, 0.25) is 0 Å². The third-order valence-corrected chi connectivity index (χ3v) is 3.76. The first-order valence-electron chi connectivity index (χ1n) is 7.13. The van der Waals surface area contributed by atoms with Gasteiger partial charge in [0.15, 0.2) is 0 Å². The van der Waals surface area contributed by atoms with E-state index in [1.807, 2.05) is 18.7 Å². The monoisotopic (exact) mass is 269 g/mol. The molecular formula is C14H27N3O2. The van der Waals surface area contributed by atoms with Gasteiger partial charge in [0.05, 0.1) is 6.54 Å². The van der Waals surface area contributed by atoms with Gasteiger partial charge in [-0.05, 0) is 26.7 Å². The molecule has 1 heterocycles. The van der Waals surface area contributed by atoms with Crippen LogP contribution in [0.3, 0.4) is 0 Å². The maximum atomic E-state index is 12.0. The van der Waals surface area contributed by atoms with Gasteiger partial charge in [-0.1, -0.05) is 6.92 Å². The minimum Gasteiger partial charge on any atom is -0.350 e. The molecule has 0 atom stereocenters. The summed E-state index contributed by atoms with van der Waals surface area (Å²) in [6.45, 7) is 11.3. The molecule has 1 N–H and O–H groups in total. The van der Waals surface area contributed by atoms with E-state index in [4.69, 9.17) is 0 Å². The fraction of sp³-hybridized carbons (Fsp3) is 0.857. The van der Waals surface area contributed by atoms with Crippen LogP contribution in [0.5, 0.6) is 0 Å². The second-order valence-corrected chi connectivity index (χ2v) is 5.92. The van der Waals surface area contributed by atoms with E-state index >= 15 is 0 Å². The first-order valence-corrected chi connectivity index (χ1v) is 7.13. The van der Waals surface area contributed by atoms with Gasteiger partial charge in [-0.15, -0.1) is 0 Å². The van der Waals surface area contributed by atoms with E-state index in [0.29, 0.717) is 6.54 Å². The predicted octanol–water partition coefficient (Wildman–Crippen LogP) is 0.845. The van der Waals surface area contributed by atoms with Crippen LogP contribution >= 0.6 is 0 Å². The van der Waals surface area contributed by atoms with Crippen molar-refractivity contribution in [1.82, 2.24) is 15.1 Å². The Labute approximate surface area is 116 Å². The van der Waals surface area contributed by atoms with E-state index < -0.39 is 0 Å². The fourth-order valence-corrected chi connectivity index (χ4v) is 2.15. The molecule has 2 amide bonds. The lowest BCUT2D eigenvalue weighted by Crippen LogP contribution is -2.48. The lowest BCUT2D eigenvalue weighted by molar-refractivity contribution is -0.128. The average Bonchev–Trinajstić information content (AvgIpc) is 2.54. The molecule has 1 aliphatic rings. The van der Waals surface area contributed by atoms with Crippen molar-refractivity contribution in [2.24, 2.45) is 0 Å². The molecule has 0 aromatic heterocycles. The Morgan fingerprint density at radius 3 is 2.42 bits per heavy atom. The number of hydrogen-bond donors (Lipinski definition) is 1. The summed E-state index contributed by atoms with van der Waals surface area (Å²) in [6.07, 6.45) is 1.85. The van der Waals surface area contributed by atoms with Gasteiger partial charge in [0.1, 0.15) is 0 Å². The summed E-state index contributed by atoms with van der Waals surface area (Å²) in [5.74, 6) is 0.196. The Kier molecular flexibility index (Phi) is 5.79. The van der Waals surface area contributed by atoms with E-state index in [-0.39, 0.29) is 17.4 Å². The average molecular weight is 269 g/mol. The third kappa shape index (κ3) is 5.59. The van der Waals surface area contributed by atoms with Gasteiger partial charge in [-0.25, -0.2) is 0 Å². The predicted molar refractivity (Wildman–Crippen MR) is 75.8 cm³/mol. The highest BCUT2D eigenvalue weighted by Gasteiger charge is 2.21. The van der Waals surface area contributed by atoms with Crippen molar-refractivity contribution in [2.75, 3.05) is 32.7 Å². The summed E-state index contributed by atoms with van der Waals surface area (Å²) < 4.78 is 0. The van der Waals surface area contributed by atoms with Crippen molar-refractivity contribution in [3.63, 3.8) is 0 Å². The van der Waals surface area contributed by atoms with E-state index in [2.05, 4.69) is 17.1 Å². The number of carbonyl (C=O) groups excluding carboxylic acids is 2. The first-order chi connectivity index (χ1) is 8.84. The van der Waals surface area contributed by atoms with Crippen LogP contribution in [-0.2, 0) is 9.59 Å². The number of nitrogens with one attached hydrogen (secondary N) is 1. The van der Waals surface area contributed by atoms with Gasteiger partial charge in [-0.3, -0.25) is 14.5 Å². The minimum absolute atomic E-state index is 0.0723. The van der Waals surface area contributed by atoms with Gasteiger partial charge in [-0.2, -0.15) is 0 Å². The van der Waals surface area contributed by atoms with Gasteiger partial charge in [0.2, 0.25) is 11.8 Å². The Hall–Kier alpha value is -1.10. The normalized spacial score (nSPS) is 18.0. The Morgan fingerprint density at radius 2 is 1.84 bits per heavy atom. The lowest BCUT2D eigenvalue weighted by Gasteiger charge is -2.27. The molecule has 5 nitrogen and oxygen atoms in total. The highest BCUT2D eigenvalue weighted by atomic mass is 16.2.